The second-order valence-corrected chi connectivity index (χ2v) is 7.29. The molecular formula is C20H28N2O5. The van der Waals surface area contributed by atoms with Crippen LogP contribution in [0.5, 0.6) is 0 Å². The molecular weight excluding hydrogens is 348 g/mol. The molecule has 148 valence electrons. The molecule has 1 aromatic carbocycles. The number of benzene rings is 1. The van der Waals surface area contributed by atoms with Crippen LogP contribution in [0.1, 0.15) is 37.9 Å². The van der Waals surface area contributed by atoms with Crippen LogP contribution in [0, 0.1) is 5.92 Å². The zero-order valence-corrected chi connectivity index (χ0v) is 15.7. The maximum atomic E-state index is 12.6. The number of carboxylic acids is 1. The van der Waals surface area contributed by atoms with Crippen LogP contribution in [0.15, 0.2) is 30.3 Å². The topological polar surface area (TPSA) is 88.1 Å². The summed E-state index contributed by atoms with van der Waals surface area (Å²) in [4.78, 5) is 25.3. The van der Waals surface area contributed by atoms with E-state index >= 15 is 0 Å². The number of urea groups is 1. The number of nitrogens with one attached hydrogen (secondary N) is 1. The van der Waals surface area contributed by atoms with Gasteiger partial charge in [-0.15, -0.1) is 0 Å². The Kier molecular flexibility index (Phi) is 6.68. The Morgan fingerprint density at radius 2 is 1.93 bits per heavy atom. The van der Waals surface area contributed by atoms with Gasteiger partial charge in [0.05, 0.1) is 18.1 Å². The fourth-order valence-corrected chi connectivity index (χ4v) is 3.66. The number of ether oxygens (including phenoxy) is 2. The third-order valence-corrected chi connectivity index (χ3v) is 5.27. The van der Waals surface area contributed by atoms with Crippen LogP contribution >= 0.6 is 0 Å². The number of aliphatic carboxylic acids is 1. The van der Waals surface area contributed by atoms with E-state index in [-0.39, 0.29) is 30.8 Å². The molecule has 2 heterocycles. The van der Waals surface area contributed by atoms with Gasteiger partial charge in [-0.1, -0.05) is 30.3 Å². The third-order valence-electron chi connectivity index (χ3n) is 5.27. The molecule has 27 heavy (non-hydrogen) atoms. The number of nitrogens with zero attached hydrogens (tertiary/aromatic N) is 1. The number of rotatable bonds is 6. The quantitative estimate of drug-likeness (QED) is 0.796. The molecule has 0 radical (unpaired) electrons. The average Bonchev–Trinajstić information content (AvgIpc) is 3.18. The minimum absolute atomic E-state index is 0.103. The zero-order chi connectivity index (χ0) is 19.2. The van der Waals surface area contributed by atoms with Crippen molar-refractivity contribution < 1.29 is 24.2 Å². The predicted octanol–water partition coefficient (Wildman–Crippen LogP) is 2.43. The monoisotopic (exact) mass is 376 g/mol. The Bertz CT molecular complexity index is 633. The summed E-state index contributed by atoms with van der Waals surface area (Å²) < 4.78 is 11.8. The second-order valence-electron chi connectivity index (χ2n) is 7.29. The minimum atomic E-state index is -0.844. The van der Waals surface area contributed by atoms with Crippen molar-refractivity contribution in [3.63, 3.8) is 0 Å². The predicted molar refractivity (Wildman–Crippen MR) is 99.4 cm³/mol. The van der Waals surface area contributed by atoms with Gasteiger partial charge in [-0.25, -0.2) is 4.79 Å². The lowest BCUT2D eigenvalue weighted by molar-refractivity contribution is -0.141. The number of carboxylic acid groups (broad SMARTS) is 1. The molecule has 2 aliphatic rings. The van der Waals surface area contributed by atoms with Gasteiger partial charge >= 0.3 is 12.0 Å². The van der Waals surface area contributed by atoms with E-state index in [0.29, 0.717) is 26.2 Å². The highest BCUT2D eigenvalue weighted by molar-refractivity contribution is 5.77. The fraction of sp³-hybridized carbons (Fsp3) is 0.600. The molecule has 0 saturated carbocycles. The smallest absolute Gasteiger partial charge is 0.317 e. The highest BCUT2D eigenvalue weighted by atomic mass is 16.5. The molecule has 1 aromatic rings. The molecule has 2 fully saturated rings. The summed E-state index contributed by atoms with van der Waals surface area (Å²) in [7, 11) is 0. The second kappa shape index (κ2) is 9.19. The van der Waals surface area contributed by atoms with Crippen molar-refractivity contribution in [3.05, 3.63) is 35.9 Å². The van der Waals surface area contributed by atoms with E-state index in [2.05, 4.69) is 5.32 Å². The van der Waals surface area contributed by atoms with Gasteiger partial charge < -0.3 is 24.8 Å². The van der Waals surface area contributed by atoms with Crippen molar-refractivity contribution >= 4 is 12.0 Å². The molecule has 7 heteroatoms. The van der Waals surface area contributed by atoms with Crippen molar-refractivity contribution in [2.24, 2.45) is 5.92 Å². The number of hydrogen-bond donors (Lipinski definition) is 2. The molecule has 3 atom stereocenters. The Morgan fingerprint density at radius 1 is 1.22 bits per heavy atom. The number of hydrogen-bond acceptors (Lipinski definition) is 4. The molecule has 0 aromatic heterocycles. The van der Waals surface area contributed by atoms with Gasteiger partial charge in [0.25, 0.3) is 0 Å². The Morgan fingerprint density at radius 3 is 2.56 bits per heavy atom. The molecule has 0 aliphatic carbocycles. The third kappa shape index (κ3) is 5.20. The molecule has 7 nitrogen and oxygen atoms in total. The lowest BCUT2D eigenvalue weighted by Gasteiger charge is -2.32. The van der Waals surface area contributed by atoms with Gasteiger partial charge in [-0.05, 0) is 31.7 Å². The van der Waals surface area contributed by atoms with E-state index in [0.717, 1.165) is 18.4 Å². The summed E-state index contributed by atoms with van der Waals surface area (Å²) in [6, 6.07) is 9.40. The maximum absolute atomic E-state index is 12.6. The number of amides is 2. The number of carbonyl (C=O) groups excluding carboxylic acids is 1. The lowest BCUT2D eigenvalue weighted by atomic mass is 10.0. The van der Waals surface area contributed by atoms with Gasteiger partial charge in [0.1, 0.15) is 6.10 Å². The average molecular weight is 376 g/mol. The van der Waals surface area contributed by atoms with Crippen LogP contribution in [0.3, 0.4) is 0 Å². The van der Waals surface area contributed by atoms with Crippen LogP contribution in [0.4, 0.5) is 4.79 Å². The Balaban J connectivity index is 1.64. The van der Waals surface area contributed by atoms with Crippen molar-refractivity contribution in [3.8, 4) is 0 Å². The van der Waals surface area contributed by atoms with E-state index in [1.807, 2.05) is 37.3 Å². The highest BCUT2D eigenvalue weighted by Crippen LogP contribution is 2.27. The van der Waals surface area contributed by atoms with Crippen LogP contribution in [0.25, 0.3) is 0 Å². The zero-order valence-electron chi connectivity index (χ0n) is 15.7. The normalized spacial score (nSPS) is 23.0. The van der Waals surface area contributed by atoms with E-state index < -0.39 is 11.9 Å². The molecule has 2 N–H and O–H groups in total. The summed E-state index contributed by atoms with van der Waals surface area (Å²) >= 11 is 0. The summed E-state index contributed by atoms with van der Waals surface area (Å²) in [6.07, 6.45) is 2.02. The molecule has 3 unspecified atom stereocenters. The van der Waals surface area contributed by atoms with Crippen LogP contribution < -0.4 is 5.32 Å². The first-order chi connectivity index (χ1) is 13.0. The van der Waals surface area contributed by atoms with Crippen molar-refractivity contribution in [2.75, 3.05) is 26.3 Å². The molecule has 3 rings (SSSR count). The number of carbonyl (C=O) groups is 2. The molecule has 0 spiro atoms. The Labute approximate surface area is 159 Å². The Hall–Kier alpha value is -2.12. The summed E-state index contributed by atoms with van der Waals surface area (Å²) in [6.45, 7) is 4.03. The van der Waals surface area contributed by atoms with Crippen LogP contribution in [0.2, 0.25) is 0 Å². The van der Waals surface area contributed by atoms with Crippen molar-refractivity contribution in [1.82, 2.24) is 10.2 Å². The van der Waals surface area contributed by atoms with Crippen molar-refractivity contribution in [1.29, 1.82) is 0 Å². The first-order valence-electron chi connectivity index (χ1n) is 9.61. The first kappa shape index (κ1) is 19.6. The molecule has 2 saturated heterocycles. The van der Waals surface area contributed by atoms with E-state index in [9.17, 15) is 9.59 Å². The van der Waals surface area contributed by atoms with Crippen molar-refractivity contribution in [2.45, 2.75) is 44.4 Å². The summed E-state index contributed by atoms with van der Waals surface area (Å²) in [5, 5.41) is 12.1. The largest absolute Gasteiger partial charge is 0.481 e. The lowest BCUT2D eigenvalue weighted by Crippen LogP contribution is -2.46. The van der Waals surface area contributed by atoms with E-state index in [1.54, 1.807) is 4.90 Å². The van der Waals surface area contributed by atoms with Crippen LogP contribution in [-0.2, 0) is 14.3 Å². The van der Waals surface area contributed by atoms with Crippen LogP contribution in [-0.4, -0.2) is 60.5 Å². The molecule has 2 aliphatic heterocycles. The van der Waals surface area contributed by atoms with Gasteiger partial charge in [0.15, 0.2) is 0 Å². The first-order valence-corrected chi connectivity index (χ1v) is 9.61. The highest BCUT2D eigenvalue weighted by Gasteiger charge is 2.33. The summed E-state index contributed by atoms with van der Waals surface area (Å²) in [5.74, 6) is -1.32. The minimum Gasteiger partial charge on any atom is -0.481 e. The van der Waals surface area contributed by atoms with Gasteiger partial charge in [0.2, 0.25) is 0 Å². The number of likely N-dealkylation sites (tertiary alicyclic amines) is 1. The van der Waals surface area contributed by atoms with E-state index in [1.165, 1.54) is 0 Å². The molecule has 0 bridgehead atoms. The molecule has 2 amide bonds. The fourth-order valence-electron chi connectivity index (χ4n) is 3.66. The van der Waals surface area contributed by atoms with E-state index in [4.69, 9.17) is 14.6 Å². The standard InChI is InChI=1S/C20H28N2O5/c1-14(21-20(25)22-10-7-16(13-22)19(23)24)18(15-5-3-2-4-6-15)27-17-8-11-26-12-9-17/h2-6,14,16-18H,7-13H2,1H3,(H,21,25)(H,23,24). The van der Waals surface area contributed by atoms with Gasteiger partial charge in [-0.2, -0.15) is 0 Å². The summed E-state index contributed by atoms with van der Waals surface area (Å²) in [5.41, 5.74) is 1.02. The van der Waals surface area contributed by atoms with Gasteiger partial charge in [-0.3, -0.25) is 4.79 Å². The van der Waals surface area contributed by atoms with Gasteiger partial charge in [0, 0.05) is 26.3 Å². The maximum Gasteiger partial charge on any atom is 0.317 e. The SMILES string of the molecule is CC(NC(=O)N1CCC(C(=O)O)C1)C(OC1CCOCC1)c1ccccc1.